The van der Waals surface area contributed by atoms with Crippen molar-refractivity contribution in [1.29, 1.82) is 0 Å². The summed E-state index contributed by atoms with van der Waals surface area (Å²) in [5.74, 6) is 1.21. The van der Waals surface area contributed by atoms with Gasteiger partial charge in [-0.2, -0.15) is 0 Å². The molecule has 1 N–H and O–H groups in total. The van der Waals surface area contributed by atoms with Crippen LogP contribution < -0.4 is 10.1 Å². The lowest BCUT2D eigenvalue weighted by Gasteiger charge is -2.11. The Morgan fingerprint density at radius 2 is 1.90 bits per heavy atom. The van der Waals surface area contributed by atoms with Crippen LogP contribution >= 0.6 is 0 Å². The number of hydrogen-bond donors (Lipinski definition) is 1. The van der Waals surface area contributed by atoms with E-state index in [4.69, 9.17) is 4.74 Å². The van der Waals surface area contributed by atoms with Crippen molar-refractivity contribution in [2.45, 2.75) is 32.4 Å². The monoisotopic (exact) mass is 271 g/mol. The molecule has 2 nitrogen and oxygen atoms in total. The second-order valence-corrected chi connectivity index (χ2v) is 5.31. The van der Waals surface area contributed by atoms with E-state index >= 15 is 0 Å². The first-order valence-corrected chi connectivity index (χ1v) is 6.97. The van der Waals surface area contributed by atoms with E-state index in [9.17, 15) is 4.39 Å². The van der Waals surface area contributed by atoms with Crippen LogP contribution in [0.25, 0.3) is 0 Å². The summed E-state index contributed by atoms with van der Waals surface area (Å²) < 4.78 is 18.6. The predicted molar refractivity (Wildman–Crippen MR) is 77.5 cm³/mol. The minimum absolute atomic E-state index is 0.254. The number of rotatable bonds is 5. The van der Waals surface area contributed by atoms with Gasteiger partial charge in [0, 0.05) is 12.6 Å². The molecule has 0 atom stereocenters. The lowest BCUT2D eigenvalue weighted by atomic mass is 10.1. The van der Waals surface area contributed by atoms with Gasteiger partial charge in [0.1, 0.15) is 17.3 Å². The molecule has 0 aromatic heterocycles. The van der Waals surface area contributed by atoms with Crippen molar-refractivity contribution in [2.75, 3.05) is 0 Å². The Kier molecular flexibility index (Phi) is 3.70. The van der Waals surface area contributed by atoms with Gasteiger partial charge in [-0.15, -0.1) is 0 Å². The zero-order chi connectivity index (χ0) is 13.9. The zero-order valence-electron chi connectivity index (χ0n) is 11.5. The Morgan fingerprint density at radius 3 is 2.55 bits per heavy atom. The normalized spacial score (nSPS) is 14.3. The molecule has 3 rings (SSSR count). The van der Waals surface area contributed by atoms with E-state index < -0.39 is 0 Å². The van der Waals surface area contributed by atoms with Gasteiger partial charge in [-0.05, 0) is 61.2 Å². The molecule has 0 saturated heterocycles. The molecule has 104 valence electrons. The lowest BCUT2D eigenvalue weighted by Crippen LogP contribution is -2.15. The van der Waals surface area contributed by atoms with Gasteiger partial charge in [0.2, 0.25) is 0 Å². The average molecular weight is 271 g/mol. The summed E-state index contributed by atoms with van der Waals surface area (Å²) in [6, 6.07) is 13.0. The van der Waals surface area contributed by atoms with Crippen LogP contribution in [-0.2, 0) is 6.54 Å². The van der Waals surface area contributed by atoms with Crippen LogP contribution in [0.3, 0.4) is 0 Å². The number of nitrogens with one attached hydrogen (secondary N) is 1. The summed E-state index contributed by atoms with van der Waals surface area (Å²) in [6.07, 6.45) is 2.59. The number of benzene rings is 2. The SMILES string of the molecule is Cc1cc(CNC2CC2)ccc1Oc1ccc(F)cc1. The standard InChI is InChI=1S/C17H18FNO/c1-12-10-13(11-19-15-5-6-15)2-9-17(12)20-16-7-3-14(18)4-8-16/h2-4,7-10,15,19H,5-6,11H2,1H3. The van der Waals surface area contributed by atoms with Crippen LogP contribution in [0.1, 0.15) is 24.0 Å². The minimum Gasteiger partial charge on any atom is -0.457 e. The summed E-state index contributed by atoms with van der Waals surface area (Å²) >= 11 is 0. The van der Waals surface area contributed by atoms with Crippen molar-refractivity contribution in [3.8, 4) is 11.5 Å². The third kappa shape index (κ3) is 3.36. The average Bonchev–Trinajstić information content (AvgIpc) is 3.26. The van der Waals surface area contributed by atoms with Crippen molar-refractivity contribution < 1.29 is 9.13 Å². The van der Waals surface area contributed by atoms with Crippen molar-refractivity contribution in [1.82, 2.24) is 5.32 Å². The first-order valence-electron chi connectivity index (χ1n) is 6.97. The van der Waals surface area contributed by atoms with Gasteiger partial charge in [-0.1, -0.05) is 12.1 Å². The molecule has 1 fully saturated rings. The molecule has 3 heteroatoms. The molecule has 0 unspecified atom stereocenters. The van der Waals surface area contributed by atoms with Gasteiger partial charge in [-0.3, -0.25) is 0 Å². The van der Waals surface area contributed by atoms with Crippen LogP contribution in [0.2, 0.25) is 0 Å². The molecule has 0 heterocycles. The zero-order valence-corrected chi connectivity index (χ0v) is 11.5. The molecule has 0 amide bonds. The topological polar surface area (TPSA) is 21.3 Å². The highest BCUT2D eigenvalue weighted by atomic mass is 19.1. The third-order valence-electron chi connectivity index (χ3n) is 3.45. The van der Waals surface area contributed by atoms with Crippen LogP contribution in [0, 0.1) is 12.7 Å². The summed E-state index contributed by atoms with van der Waals surface area (Å²) in [4.78, 5) is 0. The summed E-state index contributed by atoms with van der Waals surface area (Å²) in [6.45, 7) is 2.93. The summed E-state index contributed by atoms with van der Waals surface area (Å²) in [7, 11) is 0. The van der Waals surface area contributed by atoms with Crippen molar-refractivity contribution in [3.63, 3.8) is 0 Å². The summed E-state index contributed by atoms with van der Waals surface area (Å²) in [5, 5.41) is 3.49. The van der Waals surface area contributed by atoms with Crippen molar-refractivity contribution >= 4 is 0 Å². The maximum Gasteiger partial charge on any atom is 0.130 e. The first-order chi connectivity index (χ1) is 9.70. The molecule has 20 heavy (non-hydrogen) atoms. The number of halogens is 1. The van der Waals surface area contributed by atoms with Crippen molar-refractivity contribution in [2.24, 2.45) is 0 Å². The van der Waals surface area contributed by atoms with Gasteiger partial charge in [-0.25, -0.2) is 4.39 Å². The fourth-order valence-electron chi connectivity index (χ4n) is 2.12. The van der Waals surface area contributed by atoms with E-state index in [-0.39, 0.29) is 5.82 Å². The summed E-state index contributed by atoms with van der Waals surface area (Å²) in [5.41, 5.74) is 2.35. The van der Waals surface area contributed by atoms with Gasteiger partial charge >= 0.3 is 0 Å². The molecule has 0 bridgehead atoms. The fourth-order valence-corrected chi connectivity index (χ4v) is 2.12. The molecule has 2 aromatic rings. The maximum absolute atomic E-state index is 12.9. The smallest absolute Gasteiger partial charge is 0.130 e. The van der Waals surface area contributed by atoms with Crippen molar-refractivity contribution in [3.05, 3.63) is 59.4 Å². The molecule has 0 spiro atoms. The maximum atomic E-state index is 12.9. The largest absolute Gasteiger partial charge is 0.457 e. The molecular weight excluding hydrogens is 253 g/mol. The Morgan fingerprint density at radius 1 is 1.15 bits per heavy atom. The Hall–Kier alpha value is -1.87. The van der Waals surface area contributed by atoms with Gasteiger partial charge in [0.15, 0.2) is 0 Å². The second-order valence-electron chi connectivity index (χ2n) is 5.31. The van der Waals surface area contributed by atoms with Gasteiger partial charge < -0.3 is 10.1 Å². The van der Waals surface area contributed by atoms with E-state index in [1.54, 1.807) is 12.1 Å². The van der Waals surface area contributed by atoms with Crippen LogP contribution in [0.15, 0.2) is 42.5 Å². The lowest BCUT2D eigenvalue weighted by molar-refractivity contribution is 0.476. The van der Waals surface area contributed by atoms with E-state index in [0.717, 1.165) is 17.9 Å². The Balaban J connectivity index is 1.68. The molecule has 1 aliphatic carbocycles. The van der Waals surface area contributed by atoms with Crippen LogP contribution in [-0.4, -0.2) is 6.04 Å². The first kappa shape index (κ1) is 13.1. The second kappa shape index (κ2) is 5.63. The predicted octanol–water partition coefficient (Wildman–Crippen LogP) is 4.18. The number of aryl methyl sites for hydroxylation is 1. The molecule has 1 aliphatic rings. The van der Waals surface area contributed by atoms with E-state index in [0.29, 0.717) is 11.8 Å². The molecular formula is C17H18FNO. The fraction of sp³-hybridized carbons (Fsp3) is 0.294. The van der Waals surface area contributed by atoms with E-state index in [2.05, 4.69) is 17.4 Å². The highest BCUT2D eigenvalue weighted by Crippen LogP contribution is 2.26. The Bertz CT molecular complexity index is 590. The number of ether oxygens (including phenoxy) is 1. The molecule has 2 aromatic carbocycles. The van der Waals surface area contributed by atoms with Gasteiger partial charge in [0.05, 0.1) is 0 Å². The van der Waals surface area contributed by atoms with Crippen LogP contribution in [0.4, 0.5) is 4.39 Å². The quantitative estimate of drug-likeness (QED) is 0.881. The Labute approximate surface area is 118 Å². The molecule has 1 saturated carbocycles. The minimum atomic E-state index is -0.254. The van der Waals surface area contributed by atoms with E-state index in [1.165, 1.54) is 30.5 Å². The highest BCUT2D eigenvalue weighted by molar-refractivity contribution is 5.39. The van der Waals surface area contributed by atoms with Gasteiger partial charge in [0.25, 0.3) is 0 Å². The molecule has 0 aliphatic heterocycles. The molecule has 0 radical (unpaired) electrons. The van der Waals surface area contributed by atoms with Crippen LogP contribution in [0.5, 0.6) is 11.5 Å². The highest BCUT2D eigenvalue weighted by Gasteiger charge is 2.19. The third-order valence-corrected chi connectivity index (χ3v) is 3.45. The van der Waals surface area contributed by atoms with E-state index in [1.807, 2.05) is 13.0 Å². The number of hydrogen-bond acceptors (Lipinski definition) is 2.